The minimum atomic E-state index is -0.560. The lowest BCUT2D eigenvalue weighted by atomic mass is 10.1. The Labute approximate surface area is 269 Å². The molecule has 1 fully saturated rings. The van der Waals surface area contributed by atoms with Gasteiger partial charge in [0.2, 0.25) is 0 Å². The smallest absolute Gasteiger partial charge is 0.310 e. The van der Waals surface area contributed by atoms with Crippen molar-refractivity contribution in [2.24, 2.45) is 0 Å². The number of nitrogens with zero attached hydrogens (tertiary/aromatic N) is 2. The van der Waals surface area contributed by atoms with Gasteiger partial charge in [-0.2, -0.15) is 0 Å². The van der Waals surface area contributed by atoms with Gasteiger partial charge in [-0.15, -0.1) is 12.4 Å². The molecule has 1 aliphatic rings. The molecular formula is C31H29Cl4FN2O5. The predicted octanol–water partition coefficient (Wildman–Crippen LogP) is 7.33. The molecule has 0 saturated carbocycles. The maximum absolute atomic E-state index is 14.0. The lowest BCUT2D eigenvalue weighted by molar-refractivity contribution is -0.143. The summed E-state index contributed by atoms with van der Waals surface area (Å²) in [5.41, 5.74) is 2.97. The van der Waals surface area contributed by atoms with E-state index in [0.29, 0.717) is 69.9 Å². The fourth-order valence-electron chi connectivity index (χ4n) is 5.16. The summed E-state index contributed by atoms with van der Waals surface area (Å²) >= 11 is 18.1. The van der Waals surface area contributed by atoms with E-state index in [1.165, 1.54) is 12.1 Å². The molecule has 2 heterocycles. The van der Waals surface area contributed by atoms with Crippen molar-refractivity contribution >= 4 is 70.0 Å². The van der Waals surface area contributed by atoms with E-state index in [9.17, 15) is 14.0 Å². The lowest BCUT2D eigenvalue weighted by Gasteiger charge is -2.33. The Bertz CT molecular complexity index is 1640. The van der Waals surface area contributed by atoms with Gasteiger partial charge in [-0.3, -0.25) is 19.1 Å². The van der Waals surface area contributed by atoms with Crippen LogP contribution in [0.25, 0.3) is 10.9 Å². The molecule has 3 aromatic carbocycles. The third kappa shape index (κ3) is 7.28. The quantitative estimate of drug-likeness (QED) is 0.145. The van der Waals surface area contributed by atoms with Gasteiger partial charge in [-0.05, 0) is 67.1 Å². The van der Waals surface area contributed by atoms with Crippen molar-refractivity contribution in [1.29, 1.82) is 0 Å². The summed E-state index contributed by atoms with van der Waals surface area (Å²) in [7, 11) is 1.56. The lowest BCUT2D eigenvalue weighted by Crippen LogP contribution is -2.40. The maximum Gasteiger partial charge on any atom is 0.310 e. The van der Waals surface area contributed by atoms with Crippen LogP contribution in [-0.2, 0) is 20.7 Å². The van der Waals surface area contributed by atoms with Crippen LogP contribution in [0, 0.1) is 12.7 Å². The van der Waals surface area contributed by atoms with Crippen molar-refractivity contribution in [2.75, 3.05) is 40.0 Å². The number of morpholine rings is 1. The molecule has 0 N–H and O–H groups in total. The van der Waals surface area contributed by atoms with Crippen LogP contribution in [0.2, 0.25) is 15.1 Å². The van der Waals surface area contributed by atoms with Gasteiger partial charge in [-0.25, -0.2) is 4.39 Å². The van der Waals surface area contributed by atoms with Crippen LogP contribution in [0.15, 0.2) is 54.6 Å². The summed E-state index contributed by atoms with van der Waals surface area (Å²) in [6.45, 7) is 3.92. The standard InChI is InChI=1S/C31H28Cl3FN2O5.ClH/c1-18-22(23-13-21(40-2)7-8-28(23)37(18)31(39)19-3-5-20(32)6-4-19)15-30(38)42-12-10-36-9-11-41-29(17-36)24-14-27(35)26(34)16-25(24)33;/h3-8,13-14,16,29H,9-12,15,17H2,1-2H3;1H. The van der Waals surface area contributed by atoms with Gasteiger partial charge in [0.15, 0.2) is 0 Å². The van der Waals surface area contributed by atoms with Crippen LogP contribution in [-0.4, -0.2) is 61.3 Å². The Morgan fingerprint density at radius 3 is 2.51 bits per heavy atom. The molecule has 0 radical (unpaired) electrons. The van der Waals surface area contributed by atoms with Crippen molar-refractivity contribution in [3.8, 4) is 5.75 Å². The van der Waals surface area contributed by atoms with Gasteiger partial charge in [0.25, 0.3) is 5.91 Å². The normalized spacial score (nSPS) is 15.3. The Kier molecular flexibility index (Phi) is 11.0. The summed E-state index contributed by atoms with van der Waals surface area (Å²) in [4.78, 5) is 28.6. The molecule has 4 aromatic rings. The van der Waals surface area contributed by atoms with Crippen molar-refractivity contribution in [2.45, 2.75) is 19.4 Å². The molecule has 12 heteroatoms. The molecule has 1 saturated heterocycles. The van der Waals surface area contributed by atoms with E-state index in [1.54, 1.807) is 48.1 Å². The summed E-state index contributed by atoms with van der Waals surface area (Å²) in [5.74, 6) is -0.612. The van der Waals surface area contributed by atoms with Crippen LogP contribution in [0.1, 0.15) is 33.3 Å². The average molecular weight is 670 g/mol. The third-order valence-corrected chi connectivity index (χ3v) is 8.23. The minimum absolute atomic E-state index is 0. The molecule has 1 aliphatic heterocycles. The second-order valence-electron chi connectivity index (χ2n) is 9.94. The minimum Gasteiger partial charge on any atom is -0.497 e. The zero-order valence-corrected chi connectivity index (χ0v) is 26.5. The highest BCUT2D eigenvalue weighted by Crippen LogP contribution is 2.33. The van der Waals surface area contributed by atoms with Gasteiger partial charge in [0.05, 0.1) is 36.8 Å². The van der Waals surface area contributed by atoms with E-state index in [0.717, 1.165) is 5.39 Å². The number of carbonyl (C=O) groups excluding carboxylic acids is 2. The molecule has 0 amide bonds. The number of rotatable bonds is 8. The number of esters is 1. The molecule has 1 unspecified atom stereocenters. The summed E-state index contributed by atoms with van der Waals surface area (Å²) in [6.07, 6.45) is -0.461. The third-order valence-electron chi connectivity index (χ3n) is 7.36. The Morgan fingerprint density at radius 2 is 1.79 bits per heavy atom. The number of aromatic nitrogens is 1. The summed E-state index contributed by atoms with van der Waals surface area (Å²) in [5, 5.41) is 1.55. The number of fused-ring (bicyclic) bond motifs is 1. The fraction of sp³-hybridized carbons (Fsp3) is 0.290. The van der Waals surface area contributed by atoms with E-state index in [4.69, 9.17) is 49.0 Å². The summed E-state index contributed by atoms with van der Waals surface area (Å²) in [6, 6.07) is 14.7. The van der Waals surface area contributed by atoms with Crippen molar-refractivity contribution in [3.63, 3.8) is 0 Å². The first kappa shape index (κ1) is 33.1. The van der Waals surface area contributed by atoms with E-state index < -0.39 is 17.9 Å². The fourth-order valence-corrected chi connectivity index (χ4v) is 5.79. The zero-order chi connectivity index (χ0) is 30.0. The van der Waals surface area contributed by atoms with Gasteiger partial charge >= 0.3 is 5.97 Å². The number of ether oxygens (including phenoxy) is 3. The van der Waals surface area contributed by atoms with E-state index >= 15 is 0 Å². The van der Waals surface area contributed by atoms with Crippen LogP contribution in [0.3, 0.4) is 0 Å². The Balaban J connectivity index is 0.00000423. The van der Waals surface area contributed by atoms with Crippen LogP contribution in [0.5, 0.6) is 5.75 Å². The highest BCUT2D eigenvalue weighted by molar-refractivity contribution is 6.35. The Morgan fingerprint density at radius 1 is 1.05 bits per heavy atom. The number of carbonyl (C=O) groups is 2. The highest BCUT2D eigenvalue weighted by atomic mass is 35.5. The second kappa shape index (κ2) is 14.3. The number of hydrogen-bond acceptors (Lipinski definition) is 6. The molecule has 0 bridgehead atoms. The maximum atomic E-state index is 14.0. The predicted molar refractivity (Wildman–Crippen MR) is 168 cm³/mol. The number of benzene rings is 3. The number of methoxy groups -OCH3 is 1. The van der Waals surface area contributed by atoms with Crippen LogP contribution >= 0.6 is 47.2 Å². The van der Waals surface area contributed by atoms with Gasteiger partial charge in [0.1, 0.15) is 18.2 Å². The first-order valence-corrected chi connectivity index (χ1v) is 14.4. The molecule has 228 valence electrons. The van der Waals surface area contributed by atoms with E-state index in [2.05, 4.69) is 4.90 Å². The largest absolute Gasteiger partial charge is 0.497 e. The first-order chi connectivity index (χ1) is 20.2. The highest BCUT2D eigenvalue weighted by Gasteiger charge is 2.26. The van der Waals surface area contributed by atoms with Gasteiger partial charge in [0, 0.05) is 51.9 Å². The van der Waals surface area contributed by atoms with E-state index in [-0.39, 0.29) is 36.4 Å². The number of halogens is 5. The van der Waals surface area contributed by atoms with E-state index in [1.807, 2.05) is 13.0 Å². The summed E-state index contributed by atoms with van der Waals surface area (Å²) < 4.78 is 32.5. The zero-order valence-electron chi connectivity index (χ0n) is 23.4. The van der Waals surface area contributed by atoms with Gasteiger partial charge in [-0.1, -0.05) is 34.8 Å². The average Bonchev–Trinajstić information content (AvgIpc) is 3.25. The van der Waals surface area contributed by atoms with Crippen LogP contribution < -0.4 is 4.74 Å². The monoisotopic (exact) mass is 668 g/mol. The molecule has 5 rings (SSSR count). The molecule has 7 nitrogen and oxygen atoms in total. The van der Waals surface area contributed by atoms with Crippen molar-refractivity contribution in [3.05, 3.63) is 97.9 Å². The molecule has 1 aromatic heterocycles. The first-order valence-electron chi connectivity index (χ1n) is 13.3. The van der Waals surface area contributed by atoms with Gasteiger partial charge < -0.3 is 14.2 Å². The second-order valence-corrected chi connectivity index (χ2v) is 11.2. The molecular weight excluding hydrogens is 641 g/mol. The molecule has 0 aliphatic carbocycles. The van der Waals surface area contributed by atoms with Crippen molar-refractivity contribution in [1.82, 2.24) is 9.47 Å². The molecule has 1 atom stereocenters. The number of hydrogen-bond donors (Lipinski definition) is 0. The van der Waals surface area contributed by atoms with Crippen LogP contribution in [0.4, 0.5) is 4.39 Å². The van der Waals surface area contributed by atoms with Crippen molar-refractivity contribution < 1.29 is 28.2 Å². The SMILES string of the molecule is COc1ccc2c(c1)c(CC(=O)OCCN1CCOC(c3cc(F)c(Cl)cc3Cl)C1)c(C)n2C(=O)c1ccc(Cl)cc1.Cl. The topological polar surface area (TPSA) is 70.0 Å². The Hall–Kier alpha value is -2.85. The molecule has 0 spiro atoms. The molecule has 43 heavy (non-hydrogen) atoms.